The third-order valence-corrected chi connectivity index (χ3v) is 9.29. The highest BCUT2D eigenvalue weighted by Gasteiger charge is 2.15. The summed E-state index contributed by atoms with van der Waals surface area (Å²) in [5.74, 6) is 7.26. The number of ether oxygens (including phenoxy) is 2. The first-order valence-electron chi connectivity index (χ1n) is 15.2. The van der Waals surface area contributed by atoms with E-state index in [9.17, 15) is 0 Å². The van der Waals surface area contributed by atoms with Crippen molar-refractivity contribution in [3.05, 3.63) is 48.5 Å². The number of hydrogen-bond donors (Lipinski definition) is 0. The lowest BCUT2D eigenvalue weighted by atomic mass is 10.0. The largest absolute Gasteiger partial charge is 0.492 e. The van der Waals surface area contributed by atoms with Crippen LogP contribution in [0.4, 0.5) is 0 Å². The molecular formula is C34H50O2S2. The van der Waals surface area contributed by atoms with Gasteiger partial charge in [0.05, 0.1) is 13.2 Å². The first kappa shape index (κ1) is 31.0. The van der Waals surface area contributed by atoms with Gasteiger partial charge in [-0.15, -0.1) is 0 Å². The smallest absolute Gasteiger partial charge is 0.135 e. The van der Waals surface area contributed by atoms with E-state index >= 15 is 0 Å². The summed E-state index contributed by atoms with van der Waals surface area (Å²) in [5.41, 5.74) is 0. The van der Waals surface area contributed by atoms with Gasteiger partial charge in [0.1, 0.15) is 11.5 Å². The highest BCUT2D eigenvalue weighted by molar-refractivity contribution is 7.99. The molecule has 3 rings (SSSR count). The van der Waals surface area contributed by atoms with Crippen LogP contribution in [-0.2, 0) is 0 Å². The van der Waals surface area contributed by atoms with Crippen molar-refractivity contribution in [2.45, 2.75) is 90.9 Å². The molecule has 0 saturated carbocycles. The number of hydrogen-bond acceptors (Lipinski definition) is 4. The SMILES string of the molecule is CCCCSCCCCCCOc1c2ccccc2c(OCCCCCCSCCCC)c2ccccc12. The standard InChI is InChI=1S/C34H50O2S2/c1-3-5-25-37-27-17-9-7-15-23-35-33-29-19-11-13-21-31(29)34(32-22-14-12-20-30(32)33)36-24-16-8-10-18-28-38-26-6-4-2/h11-14,19-22H,3-10,15-18,23-28H2,1-2H3. The van der Waals surface area contributed by atoms with E-state index in [1.165, 1.54) is 87.2 Å². The summed E-state index contributed by atoms with van der Waals surface area (Å²) < 4.78 is 13.0. The minimum Gasteiger partial charge on any atom is -0.492 e. The maximum Gasteiger partial charge on any atom is 0.135 e. The molecule has 38 heavy (non-hydrogen) atoms. The van der Waals surface area contributed by atoms with Crippen LogP contribution in [0.2, 0.25) is 0 Å². The summed E-state index contributed by atoms with van der Waals surface area (Å²) in [6, 6.07) is 17.2. The third-order valence-electron chi connectivity index (χ3n) is 6.98. The van der Waals surface area contributed by atoms with Crippen LogP contribution in [0.15, 0.2) is 48.5 Å². The van der Waals surface area contributed by atoms with Crippen LogP contribution in [0.1, 0.15) is 90.9 Å². The Hall–Kier alpha value is -1.52. The van der Waals surface area contributed by atoms with E-state index in [1.54, 1.807) is 0 Å². The fourth-order valence-electron chi connectivity index (χ4n) is 4.72. The Morgan fingerprint density at radius 1 is 0.447 bits per heavy atom. The first-order chi connectivity index (χ1) is 18.9. The second-order valence-electron chi connectivity index (χ2n) is 10.2. The van der Waals surface area contributed by atoms with E-state index < -0.39 is 0 Å². The summed E-state index contributed by atoms with van der Waals surface area (Å²) in [6.07, 6.45) is 15.3. The van der Waals surface area contributed by atoms with E-state index in [0.29, 0.717) is 0 Å². The Morgan fingerprint density at radius 3 is 1.16 bits per heavy atom. The quantitative estimate of drug-likeness (QED) is 0.0907. The van der Waals surface area contributed by atoms with Crippen LogP contribution < -0.4 is 9.47 Å². The first-order valence-corrected chi connectivity index (χ1v) is 17.5. The van der Waals surface area contributed by atoms with Gasteiger partial charge in [-0.05, 0) is 61.5 Å². The molecule has 0 saturated heterocycles. The van der Waals surface area contributed by atoms with Crippen LogP contribution in [0.25, 0.3) is 21.5 Å². The van der Waals surface area contributed by atoms with E-state index in [1.807, 2.05) is 0 Å². The van der Waals surface area contributed by atoms with Gasteiger partial charge < -0.3 is 9.47 Å². The predicted octanol–water partition coefficient (Wildman–Crippen LogP) is 10.9. The predicted molar refractivity (Wildman–Crippen MR) is 174 cm³/mol. The lowest BCUT2D eigenvalue weighted by Gasteiger charge is -2.18. The summed E-state index contributed by atoms with van der Waals surface area (Å²) >= 11 is 4.22. The van der Waals surface area contributed by atoms with Crippen LogP contribution in [0.3, 0.4) is 0 Å². The second kappa shape index (κ2) is 19.5. The Bertz CT molecular complexity index is 897. The van der Waals surface area contributed by atoms with Crippen molar-refractivity contribution in [3.63, 3.8) is 0 Å². The second-order valence-corrected chi connectivity index (χ2v) is 12.7. The molecule has 0 aliphatic carbocycles. The van der Waals surface area contributed by atoms with Crippen LogP contribution >= 0.6 is 23.5 Å². The summed E-state index contributed by atoms with van der Waals surface area (Å²) in [4.78, 5) is 0. The van der Waals surface area contributed by atoms with Crippen molar-refractivity contribution in [1.29, 1.82) is 0 Å². The summed E-state index contributed by atoms with van der Waals surface area (Å²) in [5, 5.41) is 4.66. The van der Waals surface area contributed by atoms with Crippen molar-refractivity contribution in [3.8, 4) is 11.5 Å². The Balaban J connectivity index is 1.52. The number of fused-ring (bicyclic) bond motifs is 2. The molecule has 0 unspecified atom stereocenters. The molecule has 4 heteroatoms. The molecule has 0 heterocycles. The zero-order chi connectivity index (χ0) is 26.7. The molecule has 0 amide bonds. The van der Waals surface area contributed by atoms with E-state index in [2.05, 4.69) is 85.9 Å². The molecule has 3 aromatic carbocycles. The van der Waals surface area contributed by atoms with Gasteiger partial charge in [-0.1, -0.05) is 101 Å². The van der Waals surface area contributed by atoms with Crippen LogP contribution in [-0.4, -0.2) is 36.2 Å². The molecule has 0 fully saturated rings. The fraction of sp³-hybridized carbons (Fsp3) is 0.588. The minimum atomic E-state index is 0.772. The molecule has 0 aliphatic rings. The maximum absolute atomic E-state index is 6.49. The van der Waals surface area contributed by atoms with Crippen molar-refractivity contribution < 1.29 is 9.47 Å². The lowest BCUT2D eigenvalue weighted by Crippen LogP contribution is -2.02. The molecule has 2 nitrogen and oxygen atoms in total. The Labute approximate surface area is 241 Å². The Morgan fingerprint density at radius 2 is 0.789 bits per heavy atom. The van der Waals surface area contributed by atoms with E-state index in [-0.39, 0.29) is 0 Å². The van der Waals surface area contributed by atoms with Crippen molar-refractivity contribution >= 4 is 45.1 Å². The molecule has 3 aromatic rings. The number of unbranched alkanes of at least 4 members (excludes halogenated alkanes) is 8. The number of benzene rings is 3. The van der Waals surface area contributed by atoms with Crippen molar-refractivity contribution in [2.75, 3.05) is 36.2 Å². The highest BCUT2D eigenvalue weighted by atomic mass is 32.2. The average molecular weight is 555 g/mol. The van der Waals surface area contributed by atoms with Crippen LogP contribution in [0.5, 0.6) is 11.5 Å². The maximum atomic E-state index is 6.49. The Kier molecular flexibility index (Phi) is 15.9. The molecule has 0 N–H and O–H groups in total. The van der Waals surface area contributed by atoms with Gasteiger partial charge in [0.2, 0.25) is 0 Å². The van der Waals surface area contributed by atoms with Gasteiger partial charge in [-0.3, -0.25) is 0 Å². The molecule has 0 aliphatic heterocycles. The summed E-state index contributed by atoms with van der Waals surface area (Å²) in [7, 11) is 0. The van der Waals surface area contributed by atoms with Crippen molar-refractivity contribution in [1.82, 2.24) is 0 Å². The zero-order valence-electron chi connectivity index (χ0n) is 24.0. The van der Waals surface area contributed by atoms with Gasteiger partial charge in [0, 0.05) is 21.5 Å². The molecule has 0 aromatic heterocycles. The normalized spacial score (nSPS) is 11.4. The fourth-order valence-corrected chi connectivity index (χ4v) is 6.93. The summed E-state index contributed by atoms with van der Waals surface area (Å²) in [6.45, 7) is 6.08. The van der Waals surface area contributed by atoms with Crippen LogP contribution in [0, 0.1) is 0 Å². The topological polar surface area (TPSA) is 18.5 Å². The van der Waals surface area contributed by atoms with E-state index in [0.717, 1.165) is 59.1 Å². The van der Waals surface area contributed by atoms with Crippen molar-refractivity contribution in [2.24, 2.45) is 0 Å². The minimum absolute atomic E-state index is 0.772. The monoisotopic (exact) mass is 554 g/mol. The molecule has 0 bridgehead atoms. The van der Waals surface area contributed by atoms with E-state index in [4.69, 9.17) is 9.47 Å². The van der Waals surface area contributed by atoms with Gasteiger partial charge in [0.25, 0.3) is 0 Å². The van der Waals surface area contributed by atoms with Gasteiger partial charge in [0.15, 0.2) is 0 Å². The third kappa shape index (κ3) is 10.6. The van der Waals surface area contributed by atoms with Gasteiger partial charge >= 0.3 is 0 Å². The molecule has 0 radical (unpaired) electrons. The molecule has 0 atom stereocenters. The molecular weight excluding hydrogens is 505 g/mol. The average Bonchev–Trinajstić information content (AvgIpc) is 2.95. The van der Waals surface area contributed by atoms with Gasteiger partial charge in [-0.25, -0.2) is 0 Å². The number of thioether (sulfide) groups is 2. The van der Waals surface area contributed by atoms with Gasteiger partial charge in [-0.2, -0.15) is 23.5 Å². The molecule has 210 valence electrons. The zero-order valence-corrected chi connectivity index (χ0v) is 25.6. The number of rotatable bonds is 22. The highest BCUT2D eigenvalue weighted by Crippen LogP contribution is 2.42. The molecule has 0 spiro atoms. The lowest BCUT2D eigenvalue weighted by molar-refractivity contribution is 0.307.